The molecule has 1 fully saturated rings. The quantitative estimate of drug-likeness (QED) is 0.821. The van der Waals surface area contributed by atoms with Crippen molar-refractivity contribution in [3.05, 3.63) is 54.0 Å². The number of carbonyl (C=O) groups is 3. The van der Waals surface area contributed by atoms with Crippen molar-refractivity contribution in [2.45, 2.75) is 13.0 Å². The monoisotopic (exact) mass is 370 g/mol. The Morgan fingerprint density at radius 3 is 2.41 bits per heavy atom. The van der Waals surface area contributed by atoms with E-state index in [1.165, 1.54) is 6.26 Å². The first-order valence-corrected chi connectivity index (χ1v) is 8.73. The number of piperazine rings is 1. The highest BCUT2D eigenvalue weighted by molar-refractivity contribution is 5.94. The Hall–Kier alpha value is -3.29. The second kappa shape index (κ2) is 7.94. The first-order chi connectivity index (χ1) is 13.0. The maximum atomic E-state index is 12.7. The van der Waals surface area contributed by atoms with Gasteiger partial charge in [-0.3, -0.25) is 14.4 Å². The van der Waals surface area contributed by atoms with Crippen LogP contribution in [-0.4, -0.2) is 59.7 Å². The van der Waals surface area contributed by atoms with Crippen LogP contribution in [0.3, 0.4) is 0 Å². The molecule has 27 heavy (non-hydrogen) atoms. The van der Waals surface area contributed by atoms with Gasteiger partial charge in [0, 0.05) is 37.4 Å². The van der Waals surface area contributed by atoms with Crippen LogP contribution in [0.2, 0.25) is 0 Å². The molecule has 1 saturated heterocycles. The predicted molar refractivity (Wildman–Crippen MR) is 99.2 cm³/mol. The number of nitrogens with zero attached hydrogens (tertiary/aromatic N) is 2. The molecule has 8 nitrogen and oxygen atoms in total. The number of rotatable bonds is 5. The summed E-state index contributed by atoms with van der Waals surface area (Å²) in [5.41, 5.74) is 6.31. The average Bonchev–Trinajstić information content (AvgIpc) is 3.22. The van der Waals surface area contributed by atoms with E-state index in [9.17, 15) is 14.4 Å². The summed E-state index contributed by atoms with van der Waals surface area (Å²) < 4.78 is 5.14. The molecule has 1 aromatic carbocycles. The summed E-state index contributed by atoms with van der Waals surface area (Å²) in [6, 6.07) is 9.55. The molecule has 1 aromatic heterocycles. The Morgan fingerprint density at radius 2 is 1.78 bits per heavy atom. The SMILES string of the molecule is C[C@@H](Nc1cccc(C(N)=O)c1)C(=O)N1CCN(C(=O)c2ccco2)CC1. The Morgan fingerprint density at radius 1 is 1.07 bits per heavy atom. The molecule has 2 heterocycles. The molecule has 3 N–H and O–H groups in total. The molecule has 0 bridgehead atoms. The number of hydrogen-bond acceptors (Lipinski definition) is 5. The van der Waals surface area contributed by atoms with Crippen LogP contribution >= 0.6 is 0 Å². The van der Waals surface area contributed by atoms with Crippen molar-refractivity contribution < 1.29 is 18.8 Å². The van der Waals surface area contributed by atoms with Crippen molar-refractivity contribution in [1.29, 1.82) is 0 Å². The van der Waals surface area contributed by atoms with Crippen LogP contribution in [-0.2, 0) is 4.79 Å². The summed E-state index contributed by atoms with van der Waals surface area (Å²) in [6.07, 6.45) is 1.47. The molecule has 0 saturated carbocycles. The van der Waals surface area contributed by atoms with E-state index in [-0.39, 0.29) is 11.8 Å². The number of anilines is 1. The van der Waals surface area contributed by atoms with Crippen LogP contribution in [0.1, 0.15) is 27.8 Å². The molecule has 0 spiro atoms. The molecule has 142 valence electrons. The topological polar surface area (TPSA) is 109 Å². The average molecular weight is 370 g/mol. The summed E-state index contributed by atoms with van der Waals surface area (Å²) in [5, 5.41) is 3.10. The van der Waals surface area contributed by atoms with E-state index in [2.05, 4.69) is 5.32 Å². The molecule has 8 heteroatoms. The van der Waals surface area contributed by atoms with E-state index in [1.54, 1.807) is 53.1 Å². The lowest BCUT2D eigenvalue weighted by Crippen LogP contribution is -2.53. The molecule has 0 aliphatic carbocycles. The summed E-state index contributed by atoms with van der Waals surface area (Å²) in [6.45, 7) is 3.58. The minimum absolute atomic E-state index is 0.0652. The van der Waals surface area contributed by atoms with Crippen LogP contribution in [0.4, 0.5) is 5.69 Å². The predicted octanol–water partition coefficient (Wildman–Crippen LogP) is 1.16. The van der Waals surface area contributed by atoms with Crippen LogP contribution in [0.15, 0.2) is 47.1 Å². The number of benzene rings is 1. The lowest BCUT2D eigenvalue weighted by molar-refractivity contribution is -0.133. The number of amides is 3. The normalized spacial score (nSPS) is 15.3. The van der Waals surface area contributed by atoms with E-state index in [0.717, 1.165) is 0 Å². The van der Waals surface area contributed by atoms with Gasteiger partial charge >= 0.3 is 0 Å². The van der Waals surface area contributed by atoms with E-state index in [1.807, 2.05) is 0 Å². The molecule has 3 amide bonds. The second-order valence-corrected chi connectivity index (χ2v) is 6.41. The van der Waals surface area contributed by atoms with Crippen molar-refractivity contribution in [1.82, 2.24) is 9.80 Å². The number of hydrogen-bond donors (Lipinski definition) is 2. The third kappa shape index (κ3) is 4.28. The zero-order valence-corrected chi connectivity index (χ0v) is 15.1. The maximum Gasteiger partial charge on any atom is 0.289 e. The molecule has 0 radical (unpaired) electrons. The summed E-state index contributed by atoms with van der Waals surface area (Å²) in [4.78, 5) is 39.6. The van der Waals surface area contributed by atoms with Gasteiger partial charge in [-0.2, -0.15) is 0 Å². The maximum absolute atomic E-state index is 12.7. The molecule has 1 aliphatic rings. The van der Waals surface area contributed by atoms with Crippen LogP contribution in [0.5, 0.6) is 0 Å². The van der Waals surface area contributed by atoms with Gasteiger partial charge in [0.05, 0.1) is 6.26 Å². The minimum Gasteiger partial charge on any atom is -0.459 e. The second-order valence-electron chi connectivity index (χ2n) is 6.41. The van der Waals surface area contributed by atoms with Crippen molar-refractivity contribution in [2.75, 3.05) is 31.5 Å². The highest BCUT2D eigenvalue weighted by Crippen LogP contribution is 2.14. The molecule has 1 atom stereocenters. The van der Waals surface area contributed by atoms with Crippen molar-refractivity contribution in [3.63, 3.8) is 0 Å². The highest BCUT2D eigenvalue weighted by Gasteiger charge is 2.28. The summed E-state index contributed by atoms with van der Waals surface area (Å²) >= 11 is 0. The molecule has 2 aromatic rings. The lowest BCUT2D eigenvalue weighted by atomic mass is 10.1. The molecule has 0 unspecified atom stereocenters. The third-order valence-corrected chi connectivity index (χ3v) is 4.51. The van der Waals surface area contributed by atoms with Gasteiger partial charge in [0.1, 0.15) is 6.04 Å². The number of nitrogens with one attached hydrogen (secondary N) is 1. The largest absolute Gasteiger partial charge is 0.459 e. The van der Waals surface area contributed by atoms with Gasteiger partial charge in [-0.05, 0) is 37.3 Å². The fraction of sp³-hybridized carbons (Fsp3) is 0.316. The van der Waals surface area contributed by atoms with Gasteiger partial charge in [-0.15, -0.1) is 0 Å². The van der Waals surface area contributed by atoms with Crippen LogP contribution in [0.25, 0.3) is 0 Å². The van der Waals surface area contributed by atoms with Crippen molar-refractivity contribution >= 4 is 23.4 Å². The fourth-order valence-corrected chi connectivity index (χ4v) is 3.03. The van der Waals surface area contributed by atoms with E-state index in [4.69, 9.17) is 10.2 Å². The molecular formula is C19H22N4O4. The molecule has 1 aliphatic heterocycles. The van der Waals surface area contributed by atoms with Gasteiger partial charge in [-0.1, -0.05) is 6.07 Å². The number of nitrogens with two attached hydrogens (primary N) is 1. The van der Waals surface area contributed by atoms with E-state index < -0.39 is 11.9 Å². The standard InChI is InChI=1S/C19H22N4O4/c1-13(21-15-5-2-4-14(12-15)17(20)24)18(25)22-7-9-23(10-8-22)19(26)16-6-3-11-27-16/h2-6,11-13,21H,7-10H2,1H3,(H2,20,24)/t13-/m1/s1. The first kappa shape index (κ1) is 18.5. The number of carbonyl (C=O) groups excluding carboxylic acids is 3. The van der Waals surface area contributed by atoms with Gasteiger partial charge in [0.15, 0.2) is 5.76 Å². The molecular weight excluding hydrogens is 348 g/mol. The van der Waals surface area contributed by atoms with Crippen molar-refractivity contribution in [2.24, 2.45) is 5.73 Å². The summed E-state index contributed by atoms with van der Waals surface area (Å²) in [5.74, 6) is -0.444. The number of furan rings is 1. The summed E-state index contributed by atoms with van der Waals surface area (Å²) in [7, 11) is 0. The van der Waals surface area contributed by atoms with E-state index >= 15 is 0 Å². The Bertz CT molecular complexity index is 826. The molecule has 3 rings (SSSR count). The Labute approximate surface area is 156 Å². The zero-order chi connectivity index (χ0) is 19.4. The third-order valence-electron chi connectivity index (χ3n) is 4.51. The fourth-order valence-electron chi connectivity index (χ4n) is 3.03. The van der Waals surface area contributed by atoms with Gasteiger partial charge in [-0.25, -0.2) is 0 Å². The minimum atomic E-state index is -0.519. The van der Waals surface area contributed by atoms with Gasteiger partial charge < -0.3 is 25.3 Å². The first-order valence-electron chi connectivity index (χ1n) is 8.73. The van der Waals surface area contributed by atoms with Gasteiger partial charge in [0.25, 0.3) is 5.91 Å². The highest BCUT2D eigenvalue weighted by atomic mass is 16.3. The lowest BCUT2D eigenvalue weighted by Gasteiger charge is -2.35. The van der Waals surface area contributed by atoms with Crippen LogP contribution in [0, 0.1) is 0 Å². The van der Waals surface area contributed by atoms with E-state index in [0.29, 0.717) is 43.2 Å². The Balaban J connectivity index is 1.55. The Kier molecular flexibility index (Phi) is 5.44. The smallest absolute Gasteiger partial charge is 0.289 e. The zero-order valence-electron chi connectivity index (χ0n) is 15.1. The number of primary amides is 1. The van der Waals surface area contributed by atoms with Crippen molar-refractivity contribution in [3.8, 4) is 0 Å². The van der Waals surface area contributed by atoms with Crippen LogP contribution < -0.4 is 11.1 Å². The van der Waals surface area contributed by atoms with Gasteiger partial charge in [0.2, 0.25) is 11.8 Å².